The third-order valence-corrected chi connectivity index (χ3v) is 6.87. The second-order valence-corrected chi connectivity index (χ2v) is 8.61. The lowest BCUT2D eigenvalue weighted by Crippen LogP contribution is -2.27. The number of aromatic nitrogens is 2. The van der Waals surface area contributed by atoms with Gasteiger partial charge in [-0.05, 0) is 71.8 Å². The lowest BCUT2D eigenvalue weighted by atomic mass is 9.95. The monoisotopic (exact) mass is 471 g/mol. The molecule has 160 valence electrons. The van der Waals surface area contributed by atoms with Gasteiger partial charge in [0.2, 0.25) is 0 Å². The first kappa shape index (κ1) is 22.3. The molecule has 1 amide bonds. The maximum Gasteiger partial charge on any atom is 0.287 e. The van der Waals surface area contributed by atoms with E-state index in [1.807, 2.05) is 24.6 Å². The lowest BCUT2D eigenvalue weighted by molar-refractivity contribution is 0.0905. The van der Waals surface area contributed by atoms with Crippen molar-refractivity contribution in [3.63, 3.8) is 0 Å². The zero-order valence-electron chi connectivity index (χ0n) is 18.3. The van der Waals surface area contributed by atoms with Crippen molar-refractivity contribution in [3.8, 4) is 0 Å². The molecule has 0 saturated heterocycles. The Balaban J connectivity index is 1.68. The number of aryl methyl sites for hydroxylation is 1. The van der Waals surface area contributed by atoms with E-state index in [-0.39, 0.29) is 11.9 Å². The van der Waals surface area contributed by atoms with Gasteiger partial charge in [0, 0.05) is 0 Å². The summed E-state index contributed by atoms with van der Waals surface area (Å²) in [6, 6.07) is 12.1. The summed E-state index contributed by atoms with van der Waals surface area (Å²) in [6.07, 6.45) is 1.92. The highest BCUT2D eigenvalue weighted by Crippen LogP contribution is 2.24. The zero-order valence-corrected chi connectivity index (χ0v) is 19.9. The Labute approximate surface area is 187 Å². The van der Waals surface area contributed by atoms with E-state index in [1.165, 1.54) is 5.56 Å². The largest absolute Gasteiger partial charge is 0.454 e. The number of rotatable bonds is 8. The number of halogens is 1. The number of nitrogens with one attached hydrogen (secondary N) is 1. The summed E-state index contributed by atoms with van der Waals surface area (Å²) in [5.74, 6) is 1.36. The van der Waals surface area contributed by atoms with Crippen molar-refractivity contribution < 1.29 is 9.21 Å². The molecule has 2 atom stereocenters. The number of carbonyl (C=O) groups excluding carboxylic acids is 1. The summed E-state index contributed by atoms with van der Waals surface area (Å²) in [7, 11) is 0. The van der Waals surface area contributed by atoms with Crippen molar-refractivity contribution in [1.29, 1.82) is 0 Å². The Kier molecular flexibility index (Phi) is 7.19. The summed E-state index contributed by atoms with van der Waals surface area (Å²) in [5.41, 5.74) is 4.40. The van der Waals surface area contributed by atoms with Gasteiger partial charge in [-0.2, -0.15) is 5.10 Å². The summed E-state index contributed by atoms with van der Waals surface area (Å²) in [5, 5.41) is 7.60. The number of hydrogen-bond donors (Lipinski definition) is 1. The van der Waals surface area contributed by atoms with Crippen LogP contribution in [0.25, 0.3) is 0 Å². The van der Waals surface area contributed by atoms with Crippen molar-refractivity contribution in [2.45, 2.75) is 66.0 Å². The highest BCUT2D eigenvalue weighted by molar-refractivity contribution is 9.10. The molecule has 0 aliphatic rings. The highest BCUT2D eigenvalue weighted by atomic mass is 79.9. The first-order chi connectivity index (χ1) is 14.3. The number of benzene rings is 1. The van der Waals surface area contributed by atoms with Gasteiger partial charge in [-0.1, -0.05) is 45.0 Å². The maximum atomic E-state index is 12.8. The molecule has 0 radical (unpaired) electrons. The van der Waals surface area contributed by atoms with Crippen molar-refractivity contribution in [3.05, 3.63) is 74.9 Å². The van der Waals surface area contributed by atoms with Crippen LogP contribution < -0.4 is 5.32 Å². The normalized spacial score (nSPS) is 13.3. The van der Waals surface area contributed by atoms with E-state index in [0.29, 0.717) is 24.0 Å². The molecule has 5 nitrogen and oxygen atoms in total. The first-order valence-corrected chi connectivity index (χ1v) is 11.3. The molecule has 0 bridgehead atoms. The third kappa shape index (κ3) is 4.86. The van der Waals surface area contributed by atoms with E-state index in [0.717, 1.165) is 34.3 Å². The van der Waals surface area contributed by atoms with Crippen molar-refractivity contribution >= 4 is 21.8 Å². The van der Waals surface area contributed by atoms with Gasteiger partial charge in [0.1, 0.15) is 5.76 Å². The predicted molar refractivity (Wildman–Crippen MR) is 123 cm³/mol. The number of amides is 1. The standard InChI is InChI=1S/C24H30BrN3O2/c1-6-15(3)18-8-10-19(11-9-18)21(7-2)26-24(29)22-13-12-20(30-22)14-28-17(5)23(25)16(4)27-28/h8-13,15,21H,6-7,14H2,1-5H3,(H,26,29). The van der Waals surface area contributed by atoms with Crippen LogP contribution in [-0.4, -0.2) is 15.7 Å². The van der Waals surface area contributed by atoms with Crippen LogP contribution in [0.3, 0.4) is 0 Å². The highest BCUT2D eigenvalue weighted by Gasteiger charge is 2.18. The smallest absolute Gasteiger partial charge is 0.287 e. The van der Waals surface area contributed by atoms with Crippen LogP contribution in [0.15, 0.2) is 45.3 Å². The Bertz CT molecular complexity index is 1000. The molecule has 3 aromatic rings. The number of carbonyl (C=O) groups is 1. The Morgan fingerprint density at radius 2 is 1.77 bits per heavy atom. The van der Waals surface area contributed by atoms with Gasteiger partial charge < -0.3 is 9.73 Å². The molecule has 0 fully saturated rings. The minimum atomic E-state index is -0.200. The molecule has 2 heterocycles. The molecular formula is C24H30BrN3O2. The summed E-state index contributed by atoms with van der Waals surface area (Å²) < 4.78 is 8.68. The molecule has 0 saturated carbocycles. The Morgan fingerprint density at radius 3 is 2.33 bits per heavy atom. The van der Waals surface area contributed by atoms with Crippen molar-refractivity contribution in [2.75, 3.05) is 0 Å². The minimum Gasteiger partial charge on any atom is -0.454 e. The molecule has 3 rings (SSSR count). The lowest BCUT2D eigenvalue weighted by Gasteiger charge is -2.18. The summed E-state index contributed by atoms with van der Waals surface area (Å²) in [6.45, 7) is 10.9. The van der Waals surface area contributed by atoms with E-state index >= 15 is 0 Å². The van der Waals surface area contributed by atoms with Gasteiger partial charge in [0.15, 0.2) is 5.76 Å². The molecule has 2 aromatic heterocycles. The minimum absolute atomic E-state index is 0.0519. The average Bonchev–Trinajstić information content (AvgIpc) is 3.32. The van der Waals surface area contributed by atoms with Crippen molar-refractivity contribution in [2.24, 2.45) is 0 Å². The molecule has 0 aliphatic heterocycles. The fourth-order valence-electron chi connectivity index (χ4n) is 3.50. The number of furan rings is 1. The van der Waals surface area contributed by atoms with Crippen molar-refractivity contribution in [1.82, 2.24) is 15.1 Å². The quantitative estimate of drug-likeness (QED) is 0.419. The first-order valence-electron chi connectivity index (χ1n) is 10.5. The fraction of sp³-hybridized carbons (Fsp3) is 0.417. The molecule has 30 heavy (non-hydrogen) atoms. The molecule has 1 N–H and O–H groups in total. The summed E-state index contributed by atoms with van der Waals surface area (Å²) in [4.78, 5) is 12.8. The molecule has 2 unspecified atom stereocenters. The van der Waals surface area contributed by atoms with E-state index < -0.39 is 0 Å². The molecule has 6 heteroatoms. The van der Waals surface area contributed by atoms with Crippen LogP contribution in [0.4, 0.5) is 0 Å². The third-order valence-electron chi connectivity index (χ3n) is 5.72. The van der Waals surface area contributed by atoms with Crippen LogP contribution in [0.1, 0.15) is 84.4 Å². The van der Waals surface area contributed by atoms with Gasteiger partial charge in [-0.3, -0.25) is 9.48 Å². The Hall–Kier alpha value is -2.34. The van der Waals surface area contributed by atoms with Crippen LogP contribution in [0.5, 0.6) is 0 Å². The van der Waals surface area contributed by atoms with Gasteiger partial charge >= 0.3 is 0 Å². The van der Waals surface area contributed by atoms with Gasteiger partial charge in [-0.25, -0.2) is 0 Å². The Morgan fingerprint density at radius 1 is 1.10 bits per heavy atom. The molecular weight excluding hydrogens is 442 g/mol. The average molecular weight is 472 g/mol. The SMILES string of the molecule is CCC(C)c1ccc(C(CC)NC(=O)c2ccc(Cn3nc(C)c(Br)c3C)o2)cc1. The van der Waals surface area contributed by atoms with Gasteiger partial charge in [0.05, 0.1) is 28.4 Å². The zero-order chi connectivity index (χ0) is 21.8. The summed E-state index contributed by atoms with van der Waals surface area (Å²) >= 11 is 3.54. The molecule has 0 aliphatic carbocycles. The fourth-order valence-corrected chi connectivity index (χ4v) is 3.79. The maximum absolute atomic E-state index is 12.8. The molecule has 0 spiro atoms. The second-order valence-electron chi connectivity index (χ2n) is 7.82. The predicted octanol–water partition coefficient (Wildman–Crippen LogP) is 6.30. The van der Waals surface area contributed by atoms with Gasteiger partial charge in [-0.15, -0.1) is 0 Å². The van der Waals surface area contributed by atoms with Crippen LogP contribution in [0, 0.1) is 13.8 Å². The topological polar surface area (TPSA) is 60.1 Å². The van der Waals surface area contributed by atoms with E-state index in [9.17, 15) is 4.79 Å². The van der Waals surface area contributed by atoms with Crippen LogP contribution in [0.2, 0.25) is 0 Å². The number of hydrogen-bond acceptors (Lipinski definition) is 3. The number of nitrogens with zero attached hydrogens (tertiary/aromatic N) is 2. The second kappa shape index (κ2) is 9.65. The van der Waals surface area contributed by atoms with E-state index in [1.54, 1.807) is 6.07 Å². The molecule has 1 aromatic carbocycles. The van der Waals surface area contributed by atoms with E-state index in [2.05, 4.69) is 71.4 Å². The van der Waals surface area contributed by atoms with Crippen LogP contribution >= 0.6 is 15.9 Å². The van der Waals surface area contributed by atoms with E-state index in [4.69, 9.17) is 4.42 Å². The van der Waals surface area contributed by atoms with Gasteiger partial charge in [0.25, 0.3) is 5.91 Å². The van der Waals surface area contributed by atoms with Crippen LogP contribution in [-0.2, 0) is 6.54 Å².